The number of ether oxygens (including phenoxy) is 1. The molecule has 42 heavy (non-hydrogen) atoms. The first-order valence-electron chi connectivity index (χ1n) is 13.4. The summed E-state index contributed by atoms with van der Waals surface area (Å²) in [6.45, 7) is -0.225. The number of nitrogens with one attached hydrogen (secondary N) is 2. The molecule has 0 aliphatic carbocycles. The maximum atomic E-state index is 13.3. The fraction of sp³-hybridized carbons (Fsp3) is 0.226. The van der Waals surface area contributed by atoms with Gasteiger partial charge in [0.15, 0.2) is 5.78 Å². The Bertz CT molecular complexity index is 1530. The molecule has 11 heteroatoms. The third kappa shape index (κ3) is 8.18. The number of hydrogen-bond donors (Lipinski definition) is 3. The smallest absolute Gasteiger partial charge is 0.278 e. The van der Waals surface area contributed by atoms with Crippen molar-refractivity contribution in [3.05, 3.63) is 107 Å². The van der Waals surface area contributed by atoms with Crippen molar-refractivity contribution in [1.82, 2.24) is 19.9 Å². The number of hydrogen-bond acceptors (Lipinski definition) is 8. The Hall–Kier alpha value is -5.16. The summed E-state index contributed by atoms with van der Waals surface area (Å²) in [7, 11) is 0. The Morgan fingerprint density at radius 2 is 1.69 bits per heavy atom. The summed E-state index contributed by atoms with van der Waals surface area (Å²) in [5.74, 6) is -0.542. The highest BCUT2D eigenvalue weighted by Crippen LogP contribution is 2.16. The summed E-state index contributed by atoms with van der Waals surface area (Å²) < 4.78 is 6.67. The molecule has 0 aliphatic heterocycles. The van der Waals surface area contributed by atoms with Crippen molar-refractivity contribution in [1.29, 1.82) is 0 Å². The molecule has 4 rings (SSSR count). The Morgan fingerprint density at radius 3 is 2.38 bits per heavy atom. The number of aliphatic hydroxyl groups excluding tert-OH is 1. The van der Waals surface area contributed by atoms with E-state index in [4.69, 9.17) is 4.74 Å². The predicted molar refractivity (Wildman–Crippen MR) is 156 cm³/mol. The van der Waals surface area contributed by atoms with E-state index in [0.717, 1.165) is 10.1 Å². The van der Waals surface area contributed by atoms with E-state index in [2.05, 4.69) is 20.6 Å². The molecule has 0 saturated heterocycles. The van der Waals surface area contributed by atoms with Gasteiger partial charge in [0.2, 0.25) is 18.2 Å². The molecule has 216 valence electrons. The molecule has 4 aromatic rings. The number of nitrogens with zero attached hydrogens (tertiary/aromatic N) is 3. The zero-order valence-corrected chi connectivity index (χ0v) is 22.8. The molecule has 0 spiro atoms. The first-order chi connectivity index (χ1) is 20.5. The summed E-state index contributed by atoms with van der Waals surface area (Å²) in [5, 5.41) is 15.7. The van der Waals surface area contributed by atoms with Crippen LogP contribution in [0.2, 0.25) is 0 Å². The van der Waals surface area contributed by atoms with Crippen molar-refractivity contribution in [3.8, 4) is 17.3 Å². The molecule has 0 bridgehead atoms. The molecular weight excluding hydrogens is 538 g/mol. The highest BCUT2D eigenvalue weighted by atomic mass is 16.5. The minimum Gasteiger partial charge on any atom is -0.478 e. The molecule has 0 radical (unpaired) electrons. The highest BCUT2D eigenvalue weighted by Gasteiger charge is 2.28. The molecule has 2 amide bonds. The molecule has 2 atom stereocenters. The lowest BCUT2D eigenvalue weighted by Crippen LogP contribution is -2.48. The first kappa shape index (κ1) is 29.8. The normalized spacial score (nSPS) is 12.1. The maximum absolute atomic E-state index is 13.3. The van der Waals surface area contributed by atoms with E-state index in [1.807, 2.05) is 30.3 Å². The van der Waals surface area contributed by atoms with Crippen molar-refractivity contribution >= 4 is 23.8 Å². The Labute approximate surface area is 242 Å². The fourth-order valence-corrected chi connectivity index (χ4v) is 4.34. The van der Waals surface area contributed by atoms with E-state index in [1.54, 1.807) is 54.7 Å². The molecule has 0 saturated carbocycles. The van der Waals surface area contributed by atoms with Crippen LogP contribution in [0.25, 0.3) is 11.4 Å². The Kier molecular flexibility index (Phi) is 10.7. The van der Waals surface area contributed by atoms with Crippen LogP contribution in [-0.2, 0) is 27.3 Å². The lowest BCUT2D eigenvalue weighted by atomic mass is 9.97. The number of amides is 2. The summed E-state index contributed by atoms with van der Waals surface area (Å²) in [5.41, 5.74) is 0.630. The minimum atomic E-state index is -1.35. The molecule has 2 aromatic heterocycles. The Morgan fingerprint density at radius 1 is 0.976 bits per heavy atom. The molecule has 2 heterocycles. The Balaban J connectivity index is 1.49. The average Bonchev–Trinajstić information content (AvgIpc) is 3.02. The molecule has 0 aliphatic rings. The van der Waals surface area contributed by atoms with Crippen molar-refractivity contribution < 1.29 is 24.2 Å². The second-order valence-electron chi connectivity index (χ2n) is 9.40. The number of ketones is 1. The fourth-order valence-electron chi connectivity index (χ4n) is 4.34. The topological polar surface area (TPSA) is 153 Å². The zero-order chi connectivity index (χ0) is 29.7. The molecule has 0 fully saturated rings. The quantitative estimate of drug-likeness (QED) is 0.146. The van der Waals surface area contributed by atoms with Crippen LogP contribution < -0.4 is 20.9 Å². The number of anilines is 1. The van der Waals surface area contributed by atoms with Gasteiger partial charge < -0.3 is 20.5 Å². The van der Waals surface area contributed by atoms with Gasteiger partial charge in [0.25, 0.3) is 5.56 Å². The van der Waals surface area contributed by atoms with E-state index in [1.165, 1.54) is 6.20 Å². The third-order valence-corrected chi connectivity index (χ3v) is 6.39. The number of benzene rings is 2. The molecule has 11 nitrogen and oxygen atoms in total. The lowest BCUT2D eigenvalue weighted by molar-refractivity contribution is -0.133. The van der Waals surface area contributed by atoms with E-state index in [0.29, 0.717) is 24.3 Å². The van der Waals surface area contributed by atoms with Crippen LogP contribution in [0, 0.1) is 0 Å². The summed E-state index contributed by atoms with van der Waals surface area (Å²) >= 11 is 0. The number of carbonyl (C=O) groups is 3. The number of aliphatic hydroxyl groups is 1. The maximum Gasteiger partial charge on any atom is 0.278 e. The largest absolute Gasteiger partial charge is 0.478 e. The van der Waals surface area contributed by atoms with Crippen LogP contribution in [0.15, 0.2) is 96.1 Å². The number of Topliss-reactive ketones (excluding diaryl/α,β-unsaturated/α-hetero) is 1. The van der Waals surface area contributed by atoms with E-state index < -0.39 is 35.9 Å². The number of aromatic nitrogens is 3. The van der Waals surface area contributed by atoms with E-state index >= 15 is 0 Å². The van der Waals surface area contributed by atoms with E-state index in [-0.39, 0.29) is 31.0 Å². The molecule has 2 aromatic carbocycles. The van der Waals surface area contributed by atoms with Crippen molar-refractivity contribution in [2.45, 2.75) is 38.0 Å². The summed E-state index contributed by atoms with van der Waals surface area (Å²) in [6, 6.07) is 22.1. The van der Waals surface area contributed by atoms with Gasteiger partial charge in [-0.25, -0.2) is 9.97 Å². The molecule has 3 N–H and O–H groups in total. The van der Waals surface area contributed by atoms with Gasteiger partial charge in [0.1, 0.15) is 24.2 Å². The molecular formula is C31H31N5O6. The van der Waals surface area contributed by atoms with E-state index in [9.17, 15) is 24.3 Å². The van der Waals surface area contributed by atoms with Gasteiger partial charge in [-0.15, -0.1) is 0 Å². The van der Waals surface area contributed by atoms with Gasteiger partial charge in [0.05, 0.1) is 18.8 Å². The number of carbonyl (C=O) groups excluding carboxylic acids is 3. The van der Waals surface area contributed by atoms with Crippen LogP contribution >= 0.6 is 0 Å². The van der Waals surface area contributed by atoms with Crippen LogP contribution in [0.4, 0.5) is 5.69 Å². The van der Waals surface area contributed by atoms with Gasteiger partial charge in [-0.05, 0) is 30.9 Å². The standard InChI is InChI=1S/C31H31N5O6/c37-21-34-25-19-33-30(23-12-5-2-6-13-23)36(31(25)41)20-27(39)35-24(18-22-10-3-1-4-11-22)29(40)26(38)14-9-17-42-28-15-7-8-16-32-28/h1-8,10-13,15-16,19,21,24,26,38H,9,14,17-18,20H2,(H,34,37)(H,35,39)/t24-,26?/m0/s1. The van der Waals surface area contributed by atoms with Crippen molar-refractivity contribution in [3.63, 3.8) is 0 Å². The third-order valence-electron chi connectivity index (χ3n) is 6.39. The van der Waals surface area contributed by atoms with Gasteiger partial charge in [-0.2, -0.15) is 0 Å². The highest BCUT2D eigenvalue weighted by molar-refractivity contribution is 5.92. The minimum absolute atomic E-state index is 0.0993. The van der Waals surface area contributed by atoms with Crippen LogP contribution in [0.1, 0.15) is 18.4 Å². The van der Waals surface area contributed by atoms with Crippen LogP contribution in [0.5, 0.6) is 5.88 Å². The van der Waals surface area contributed by atoms with Gasteiger partial charge in [-0.3, -0.25) is 23.7 Å². The van der Waals surface area contributed by atoms with Crippen LogP contribution in [0.3, 0.4) is 0 Å². The zero-order valence-electron chi connectivity index (χ0n) is 22.8. The number of rotatable bonds is 15. The van der Waals surface area contributed by atoms with Crippen molar-refractivity contribution in [2.24, 2.45) is 0 Å². The predicted octanol–water partition coefficient (Wildman–Crippen LogP) is 2.39. The van der Waals surface area contributed by atoms with Gasteiger partial charge in [-0.1, -0.05) is 66.7 Å². The molecule has 1 unspecified atom stereocenters. The first-order valence-corrected chi connectivity index (χ1v) is 13.4. The van der Waals surface area contributed by atoms with Gasteiger partial charge >= 0.3 is 0 Å². The van der Waals surface area contributed by atoms with Crippen molar-refractivity contribution in [2.75, 3.05) is 11.9 Å². The van der Waals surface area contributed by atoms with Crippen LogP contribution in [-0.4, -0.2) is 56.5 Å². The monoisotopic (exact) mass is 569 g/mol. The SMILES string of the molecule is O=CNc1cnc(-c2ccccc2)n(CC(=O)N[C@@H](Cc2ccccc2)C(=O)C(O)CCCOc2ccccn2)c1=O. The average molecular weight is 570 g/mol. The summed E-state index contributed by atoms with van der Waals surface area (Å²) in [6.07, 6.45) is 2.47. The number of pyridine rings is 1. The summed E-state index contributed by atoms with van der Waals surface area (Å²) in [4.78, 5) is 59.2. The van der Waals surface area contributed by atoms with Gasteiger partial charge in [0, 0.05) is 17.8 Å². The lowest BCUT2D eigenvalue weighted by Gasteiger charge is -2.22. The second-order valence-corrected chi connectivity index (χ2v) is 9.40. The second kappa shape index (κ2) is 15.0.